The Morgan fingerprint density at radius 1 is 1.03 bits per heavy atom. The first-order valence-corrected chi connectivity index (χ1v) is 11.4. The second kappa shape index (κ2) is 12.1. The monoisotopic (exact) mass is 527 g/mol. The van der Waals surface area contributed by atoms with Crippen LogP contribution in [-0.2, 0) is 33.0 Å². The van der Waals surface area contributed by atoms with E-state index >= 15 is 8.78 Å². The number of amidine groups is 1. The van der Waals surface area contributed by atoms with Crippen LogP contribution in [0.3, 0.4) is 0 Å². The smallest absolute Gasteiger partial charge is 0.255 e. The predicted octanol–water partition coefficient (Wildman–Crippen LogP) is 2.05. The Balaban J connectivity index is 2.06. The molecule has 3 rings (SSSR count). The molecule has 2 amide bonds. The standard InChI is InChI=1S/C26H27F2N5O5/c1-2-38-26(25(32)35,12-16-7-6-15(24(30)31)9-21(16)37-14-22(29)34)23-19(27)10-18(11-20(23)28)36-13-17-5-3-4-8-33-17/h3-11H,2,12-14H2,1H3,(H2,29,34)(H3,30,31)(H2,32,35). The van der Waals surface area contributed by atoms with Crippen LogP contribution in [0.25, 0.3) is 0 Å². The number of hydrogen-bond acceptors (Lipinski definition) is 7. The average Bonchev–Trinajstić information content (AvgIpc) is 2.86. The summed E-state index contributed by atoms with van der Waals surface area (Å²) < 4.78 is 47.5. The molecule has 0 aliphatic heterocycles. The Labute approximate surface area is 217 Å². The molecule has 1 heterocycles. The van der Waals surface area contributed by atoms with Crippen LogP contribution in [-0.4, -0.2) is 35.8 Å². The van der Waals surface area contributed by atoms with Crippen molar-refractivity contribution in [2.24, 2.45) is 17.2 Å². The Bertz CT molecular complexity index is 1320. The SMILES string of the molecule is CCOC(Cc1ccc(C(=N)N)cc1OCC(N)=O)(C(N)=O)c1c(F)cc(OCc2ccccn2)cc1F. The lowest BCUT2D eigenvalue weighted by Crippen LogP contribution is -2.47. The Morgan fingerprint density at radius 3 is 2.29 bits per heavy atom. The van der Waals surface area contributed by atoms with E-state index in [1.807, 2.05) is 0 Å². The third-order valence-corrected chi connectivity index (χ3v) is 5.51. The first-order valence-electron chi connectivity index (χ1n) is 11.4. The molecule has 10 nitrogen and oxygen atoms in total. The lowest BCUT2D eigenvalue weighted by molar-refractivity contribution is -0.145. The van der Waals surface area contributed by atoms with Gasteiger partial charge in [0.2, 0.25) is 0 Å². The predicted molar refractivity (Wildman–Crippen MR) is 133 cm³/mol. The topological polar surface area (TPSA) is 177 Å². The summed E-state index contributed by atoms with van der Waals surface area (Å²) in [4.78, 5) is 28.2. The summed E-state index contributed by atoms with van der Waals surface area (Å²) in [7, 11) is 0. The number of carbonyl (C=O) groups is 2. The molecule has 0 saturated heterocycles. The van der Waals surface area contributed by atoms with Crippen molar-refractivity contribution in [2.75, 3.05) is 13.2 Å². The molecule has 1 atom stereocenters. The number of nitrogens with two attached hydrogens (primary N) is 3. The normalized spacial score (nSPS) is 12.4. The van der Waals surface area contributed by atoms with Gasteiger partial charge in [-0.25, -0.2) is 8.78 Å². The molecule has 0 saturated carbocycles. The van der Waals surface area contributed by atoms with E-state index in [2.05, 4.69) is 4.98 Å². The van der Waals surface area contributed by atoms with Crippen molar-refractivity contribution in [1.82, 2.24) is 4.98 Å². The summed E-state index contributed by atoms with van der Waals surface area (Å²) in [5, 5.41) is 7.65. The molecule has 38 heavy (non-hydrogen) atoms. The van der Waals surface area contributed by atoms with Gasteiger partial charge in [0.05, 0.1) is 11.3 Å². The summed E-state index contributed by atoms with van der Waals surface area (Å²) in [6.45, 7) is 0.802. The minimum atomic E-state index is -2.31. The molecule has 1 unspecified atom stereocenters. The van der Waals surface area contributed by atoms with Crippen LogP contribution in [0.5, 0.6) is 11.5 Å². The third kappa shape index (κ3) is 6.40. The minimum Gasteiger partial charge on any atom is -0.487 e. The van der Waals surface area contributed by atoms with Gasteiger partial charge in [-0.05, 0) is 30.7 Å². The highest BCUT2D eigenvalue weighted by Crippen LogP contribution is 2.38. The number of nitrogens with one attached hydrogen (secondary N) is 1. The van der Waals surface area contributed by atoms with Gasteiger partial charge in [-0.3, -0.25) is 20.0 Å². The lowest BCUT2D eigenvalue weighted by Gasteiger charge is -2.32. The second-order valence-electron chi connectivity index (χ2n) is 8.16. The number of rotatable bonds is 13. The number of halogens is 2. The van der Waals surface area contributed by atoms with Gasteiger partial charge in [0, 0.05) is 36.9 Å². The van der Waals surface area contributed by atoms with E-state index < -0.39 is 47.6 Å². The van der Waals surface area contributed by atoms with E-state index in [0.717, 1.165) is 12.1 Å². The molecule has 0 fully saturated rings. The number of aromatic nitrogens is 1. The van der Waals surface area contributed by atoms with Gasteiger partial charge < -0.3 is 31.4 Å². The fourth-order valence-corrected chi connectivity index (χ4v) is 3.82. The van der Waals surface area contributed by atoms with E-state index in [1.54, 1.807) is 24.4 Å². The van der Waals surface area contributed by atoms with Crippen molar-refractivity contribution in [3.05, 3.63) is 88.7 Å². The molecule has 0 aliphatic rings. The van der Waals surface area contributed by atoms with Crippen molar-refractivity contribution in [2.45, 2.75) is 25.6 Å². The van der Waals surface area contributed by atoms with Gasteiger partial charge in [0.1, 0.15) is 35.6 Å². The van der Waals surface area contributed by atoms with Crippen molar-refractivity contribution in [3.8, 4) is 11.5 Å². The molecule has 2 aromatic carbocycles. The van der Waals surface area contributed by atoms with Crippen molar-refractivity contribution in [3.63, 3.8) is 0 Å². The van der Waals surface area contributed by atoms with E-state index in [0.29, 0.717) is 5.69 Å². The fourth-order valence-electron chi connectivity index (χ4n) is 3.82. The summed E-state index contributed by atoms with van der Waals surface area (Å²) in [5.41, 5.74) is 14.3. The van der Waals surface area contributed by atoms with Gasteiger partial charge in [-0.2, -0.15) is 0 Å². The molecule has 1 aromatic heterocycles. The maximum Gasteiger partial charge on any atom is 0.255 e. The van der Waals surface area contributed by atoms with E-state index in [4.69, 9.17) is 36.8 Å². The average molecular weight is 528 g/mol. The maximum absolute atomic E-state index is 15.5. The fraction of sp³-hybridized carbons (Fsp3) is 0.231. The van der Waals surface area contributed by atoms with Crippen LogP contribution >= 0.6 is 0 Å². The molecule has 7 N–H and O–H groups in total. The summed E-state index contributed by atoms with van der Waals surface area (Å²) >= 11 is 0. The summed E-state index contributed by atoms with van der Waals surface area (Å²) in [6.07, 6.45) is 1.07. The van der Waals surface area contributed by atoms with E-state index in [9.17, 15) is 9.59 Å². The molecule has 0 radical (unpaired) electrons. The number of carbonyl (C=O) groups excluding carboxylic acids is 2. The zero-order valence-corrected chi connectivity index (χ0v) is 20.5. The van der Waals surface area contributed by atoms with Crippen LogP contribution < -0.4 is 26.7 Å². The summed E-state index contributed by atoms with van der Waals surface area (Å²) in [5.74, 6) is -4.67. The quantitative estimate of drug-likeness (QED) is 0.194. The van der Waals surface area contributed by atoms with Crippen molar-refractivity contribution in [1.29, 1.82) is 5.41 Å². The Hall–Kier alpha value is -4.58. The van der Waals surface area contributed by atoms with Crippen LogP contribution in [0.1, 0.15) is 29.3 Å². The number of amides is 2. The van der Waals surface area contributed by atoms with Crippen LogP contribution in [0.15, 0.2) is 54.7 Å². The molecule has 0 bridgehead atoms. The van der Waals surface area contributed by atoms with Crippen molar-refractivity contribution < 1.29 is 32.6 Å². The number of ether oxygens (including phenoxy) is 3. The molecule has 0 spiro atoms. The van der Waals surface area contributed by atoms with Crippen LogP contribution in [0, 0.1) is 17.0 Å². The number of primary amides is 2. The molecule has 12 heteroatoms. The Morgan fingerprint density at radius 2 is 1.74 bits per heavy atom. The van der Waals surface area contributed by atoms with Gasteiger partial charge in [0.25, 0.3) is 11.8 Å². The number of nitrogen functional groups attached to an aromatic ring is 1. The molecular weight excluding hydrogens is 500 g/mol. The first kappa shape index (κ1) is 28.0. The van der Waals surface area contributed by atoms with Gasteiger partial charge in [0.15, 0.2) is 12.2 Å². The molecule has 200 valence electrons. The highest BCUT2D eigenvalue weighted by molar-refractivity contribution is 5.95. The number of nitrogens with zero attached hydrogens (tertiary/aromatic N) is 1. The van der Waals surface area contributed by atoms with Crippen molar-refractivity contribution >= 4 is 17.6 Å². The molecule has 3 aromatic rings. The number of hydrogen-bond donors (Lipinski definition) is 4. The minimum absolute atomic E-state index is 0.00189. The highest BCUT2D eigenvalue weighted by atomic mass is 19.1. The maximum atomic E-state index is 15.5. The molecule has 0 aliphatic carbocycles. The van der Waals surface area contributed by atoms with Gasteiger partial charge >= 0.3 is 0 Å². The highest BCUT2D eigenvalue weighted by Gasteiger charge is 2.45. The Kier molecular flexibility index (Phi) is 8.92. The zero-order chi connectivity index (χ0) is 27.9. The zero-order valence-electron chi connectivity index (χ0n) is 20.5. The first-order chi connectivity index (χ1) is 18.1. The number of pyridine rings is 1. The van der Waals surface area contributed by atoms with Gasteiger partial charge in [-0.1, -0.05) is 18.2 Å². The number of benzene rings is 2. The van der Waals surface area contributed by atoms with E-state index in [1.165, 1.54) is 25.1 Å². The summed E-state index contributed by atoms with van der Waals surface area (Å²) in [6, 6.07) is 11.2. The lowest BCUT2D eigenvalue weighted by atomic mass is 9.84. The molecular formula is C26H27F2N5O5. The third-order valence-electron chi connectivity index (χ3n) is 5.51. The van der Waals surface area contributed by atoms with Gasteiger partial charge in [-0.15, -0.1) is 0 Å². The van der Waals surface area contributed by atoms with Crippen LogP contribution in [0.4, 0.5) is 8.78 Å². The van der Waals surface area contributed by atoms with Crippen LogP contribution in [0.2, 0.25) is 0 Å². The second-order valence-corrected chi connectivity index (χ2v) is 8.16. The van der Waals surface area contributed by atoms with E-state index in [-0.39, 0.29) is 41.7 Å². The largest absolute Gasteiger partial charge is 0.487 e.